The molecule has 2 unspecified atom stereocenters. The maximum Gasteiger partial charge on any atom is 0.233 e. The molecular weight excluding hydrogens is 338 g/mol. The number of carbonyl (C=O) groups is 2. The van der Waals surface area contributed by atoms with Crippen molar-refractivity contribution in [3.8, 4) is 5.75 Å². The van der Waals surface area contributed by atoms with Gasteiger partial charge in [0.25, 0.3) is 0 Å². The fourth-order valence-electron chi connectivity index (χ4n) is 2.52. The number of nitrogens with one attached hydrogen (secondary N) is 1. The second kappa shape index (κ2) is 10.1. The van der Waals surface area contributed by atoms with Gasteiger partial charge in [-0.3, -0.25) is 9.59 Å². The van der Waals surface area contributed by atoms with E-state index in [0.29, 0.717) is 17.8 Å². The predicted octanol–water partition coefficient (Wildman–Crippen LogP) is 2.28. The summed E-state index contributed by atoms with van der Waals surface area (Å²) < 4.78 is 5.63. The molecule has 2 N–H and O–H groups in total. The van der Waals surface area contributed by atoms with E-state index in [4.69, 9.17) is 4.74 Å². The molecule has 0 saturated heterocycles. The van der Waals surface area contributed by atoms with Crippen LogP contribution in [0.1, 0.15) is 18.4 Å². The number of allylic oxidation sites excluding steroid dienone is 2. The molecule has 6 heteroatoms. The van der Waals surface area contributed by atoms with E-state index < -0.39 is 11.4 Å². The number of benzene rings is 1. The zero-order valence-corrected chi connectivity index (χ0v) is 15.0. The molecule has 1 aromatic rings. The lowest BCUT2D eigenvalue weighted by Crippen LogP contribution is -2.31. The van der Waals surface area contributed by atoms with Gasteiger partial charge < -0.3 is 15.2 Å². The quantitative estimate of drug-likeness (QED) is 0.660. The third-order valence-corrected chi connectivity index (χ3v) is 4.74. The second-order valence-electron chi connectivity index (χ2n) is 5.69. The van der Waals surface area contributed by atoms with Crippen molar-refractivity contribution < 1.29 is 19.4 Å². The Labute approximate surface area is 152 Å². The Hall–Kier alpha value is -2.05. The maximum atomic E-state index is 11.7. The van der Waals surface area contributed by atoms with Gasteiger partial charge in [0.1, 0.15) is 18.5 Å². The summed E-state index contributed by atoms with van der Waals surface area (Å²) in [4.78, 5) is 22.4. The summed E-state index contributed by atoms with van der Waals surface area (Å²) in [7, 11) is 1.56. The molecule has 2 atom stereocenters. The van der Waals surface area contributed by atoms with Crippen LogP contribution in [-0.4, -0.2) is 41.6 Å². The number of carbonyl (C=O) groups excluding carboxylic acids is 2. The van der Waals surface area contributed by atoms with Crippen LogP contribution in [-0.2, 0) is 16.0 Å². The van der Waals surface area contributed by atoms with Gasteiger partial charge in [-0.25, -0.2) is 0 Å². The minimum absolute atomic E-state index is 0.172. The van der Waals surface area contributed by atoms with Crippen molar-refractivity contribution >= 4 is 23.3 Å². The molecule has 0 aromatic heterocycles. The average Bonchev–Trinajstić information content (AvgIpc) is 2.66. The van der Waals surface area contributed by atoms with Crippen molar-refractivity contribution in [1.29, 1.82) is 0 Å². The smallest absolute Gasteiger partial charge is 0.233 e. The molecule has 0 bridgehead atoms. The highest BCUT2D eigenvalue weighted by atomic mass is 32.2. The lowest BCUT2D eigenvalue weighted by Gasteiger charge is -2.16. The van der Waals surface area contributed by atoms with E-state index in [0.717, 1.165) is 35.7 Å². The summed E-state index contributed by atoms with van der Waals surface area (Å²) in [6.07, 6.45) is 7.79. The third-order valence-electron chi connectivity index (χ3n) is 3.92. The van der Waals surface area contributed by atoms with E-state index in [-0.39, 0.29) is 12.5 Å². The van der Waals surface area contributed by atoms with Crippen molar-refractivity contribution in [3.63, 3.8) is 0 Å². The summed E-state index contributed by atoms with van der Waals surface area (Å²) in [5.41, 5.74) is 2.52. The second-order valence-corrected chi connectivity index (χ2v) is 6.73. The normalized spacial score (nSPS) is 15.8. The number of amides is 1. The van der Waals surface area contributed by atoms with Gasteiger partial charge in [0.2, 0.25) is 5.91 Å². The fraction of sp³-hybridized carbons (Fsp3) is 0.368. The van der Waals surface area contributed by atoms with Crippen LogP contribution in [0.15, 0.2) is 48.1 Å². The maximum absolute atomic E-state index is 11.7. The largest absolute Gasteiger partial charge is 0.491 e. The Balaban J connectivity index is 1.88. The molecule has 1 aliphatic rings. The summed E-state index contributed by atoms with van der Waals surface area (Å²) >= 11 is 0.969. The van der Waals surface area contributed by atoms with Crippen molar-refractivity contribution in [2.75, 3.05) is 13.7 Å². The van der Waals surface area contributed by atoms with Crippen LogP contribution < -0.4 is 10.1 Å². The number of thioether (sulfide) groups is 1. The number of rotatable bonds is 9. The van der Waals surface area contributed by atoms with E-state index in [9.17, 15) is 14.7 Å². The van der Waals surface area contributed by atoms with E-state index >= 15 is 0 Å². The van der Waals surface area contributed by atoms with Crippen LogP contribution in [0.4, 0.5) is 0 Å². The Bertz CT molecular complexity index is 639. The van der Waals surface area contributed by atoms with Gasteiger partial charge in [0, 0.05) is 7.05 Å². The number of hydrogen-bond donors (Lipinski definition) is 2. The topological polar surface area (TPSA) is 75.6 Å². The molecule has 0 fully saturated rings. The number of hydrogen-bond acceptors (Lipinski definition) is 5. The highest BCUT2D eigenvalue weighted by Gasteiger charge is 2.18. The van der Waals surface area contributed by atoms with Gasteiger partial charge >= 0.3 is 0 Å². The Morgan fingerprint density at radius 1 is 1.36 bits per heavy atom. The van der Waals surface area contributed by atoms with E-state index in [1.807, 2.05) is 30.4 Å². The summed E-state index contributed by atoms with van der Waals surface area (Å²) in [5.74, 6) is 0.483. The molecular formula is C19H23NO4S. The Morgan fingerprint density at radius 2 is 2.12 bits per heavy atom. The van der Waals surface area contributed by atoms with Crippen molar-refractivity contribution in [2.45, 2.75) is 30.6 Å². The minimum atomic E-state index is -0.641. The lowest BCUT2D eigenvalue weighted by atomic mass is 10.0. The van der Waals surface area contributed by atoms with E-state index in [1.165, 1.54) is 0 Å². The molecule has 25 heavy (non-hydrogen) atoms. The van der Waals surface area contributed by atoms with Crippen LogP contribution in [0.3, 0.4) is 0 Å². The minimum Gasteiger partial charge on any atom is -0.491 e. The molecule has 0 aliphatic heterocycles. The SMILES string of the molecule is CNC(=O)C(Cc1ccc(OCC(O)C2=CCCC=C2)cc1)SC=O. The first-order valence-electron chi connectivity index (χ1n) is 8.21. The Kier molecular flexibility index (Phi) is 7.76. The van der Waals surface area contributed by atoms with E-state index in [2.05, 4.69) is 5.32 Å². The van der Waals surface area contributed by atoms with Crippen molar-refractivity contribution in [1.82, 2.24) is 5.32 Å². The van der Waals surface area contributed by atoms with Gasteiger partial charge in [0.05, 0.1) is 5.25 Å². The average molecular weight is 361 g/mol. The van der Waals surface area contributed by atoms with Gasteiger partial charge in [-0.2, -0.15) is 0 Å². The molecule has 0 spiro atoms. The fourth-order valence-corrected chi connectivity index (χ4v) is 3.18. The first-order valence-corrected chi connectivity index (χ1v) is 9.15. The van der Waals surface area contributed by atoms with Crippen molar-refractivity contribution in [2.24, 2.45) is 0 Å². The first-order chi connectivity index (χ1) is 12.1. The molecule has 1 aliphatic carbocycles. The summed E-state index contributed by atoms with van der Waals surface area (Å²) in [6, 6.07) is 7.34. The van der Waals surface area contributed by atoms with Crippen LogP contribution in [0.25, 0.3) is 0 Å². The lowest BCUT2D eigenvalue weighted by molar-refractivity contribution is -0.120. The van der Waals surface area contributed by atoms with Gasteiger partial charge in [-0.05, 0) is 42.5 Å². The van der Waals surface area contributed by atoms with Crippen molar-refractivity contribution in [3.05, 3.63) is 53.6 Å². The monoisotopic (exact) mass is 361 g/mol. The van der Waals surface area contributed by atoms with Gasteiger partial charge in [-0.1, -0.05) is 42.1 Å². The standard InChI is InChI=1S/C19H23NO4S/c1-20-19(23)18(25-13-21)11-14-7-9-16(10-8-14)24-12-17(22)15-5-3-2-4-6-15/h3,5-10,13,17-18,22H,2,4,11-12H2,1H3,(H,20,23). The van der Waals surface area contributed by atoms with Crippen LogP contribution in [0.2, 0.25) is 0 Å². The van der Waals surface area contributed by atoms with Crippen LogP contribution >= 0.6 is 11.8 Å². The van der Waals surface area contributed by atoms with Gasteiger partial charge in [-0.15, -0.1) is 0 Å². The highest BCUT2D eigenvalue weighted by Crippen LogP contribution is 2.19. The van der Waals surface area contributed by atoms with Crippen LogP contribution in [0.5, 0.6) is 5.75 Å². The highest BCUT2D eigenvalue weighted by molar-refractivity contribution is 8.13. The number of aliphatic hydroxyl groups excluding tert-OH is 1. The third kappa shape index (κ3) is 6.07. The Morgan fingerprint density at radius 3 is 2.72 bits per heavy atom. The van der Waals surface area contributed by atoms with Gasteiger partial charge in [0.15, 0.2) is 5.62 Å². The molecule has 1 amide bonds. The summed E-state index contributed by atoms with van der Waals surface area (Å²) in [6.45, 7) is 0.192. The summed E-state index contributed by atoms with van der Waals surface area (Å²) in [5, 5.41) is 12.3. The zero-order chi connectivity index (χ0) is 18.1. The predicted molar refractivity (Wildman–Crippen MR) is 100 cm³/mol. The van der Waals surface area contributed by atoms with E-state index in [1.54, 1.807) is 19.2 Å². The molecule has 5 nitrogen and oxygen atoms in total. The molecule has 2 rings (SSSR count). The first kappa shape index (κ1) is 19.3. The molecule has 134 valence electrons. The molecule has 0 saturated carbocycles. The zero-order valence-electron chi connectivity index (χ0n) is 14.2. The van der Waals surface area contributed by atoms with Crippen LogP contribution in [0, 0.1) is 0 Å². The molecule has 1 aromatic carbocycles. The number of ether oxygens (including phenoxy) is 1. The molecule has 0 heterocycles. The number of aliphatic hydroxyl groups is 1. The molecule has 0 radical (unpaired) electrons.